The number of phenols is 1. The lowest BCUT2D eigenvalue weighted by Crippen LogP contribution is -2.43. The third-order valence-corrected chi connectivity index (χ3v) is 8.05. The van der Waals surface area contributed by atoms with Crippen LogP contribution < -0.4 is 20.9 Å². The van der Waals surface area contributed by atoms with Crippen molar-refractivity contribution in [3.05, 3.63) is 95.8 Å². The maximum Gasteiger partial charge on any atom is 0.416 e. The number of benzene rings is 3. The van der Waals surface area contributed by atoms with E-state index in [0.29, 0.717) is 28.9 Å². The lowest BCUT2D eigenvalue weighted by molar-refractivity contribution is -0.120. The van der Waals surface area contributed by atoms with Gasteiger partial charge in [0.05, 0.1) is 34.8 Å². The molecule has 1 aliphatic rings. The molecule has 0 spiro atoms. The summed E-state index contributed by atoms with van der Waals surface area (Å²) in [6, 6.07) is 18.5. The summed E-state index contributed by atoms with van der Waals surface area (Å²) in [7, 11) is 1.53. The first-order valence-corrected chi connectivity index (χ1v) is 14.9. The van der Waals surface area contributed by atoms with Gasteiger partial charge in [-0.05, 0) is 43.2 Å². The second-order valence-electron chi connectivity index (χ2n) is 10.8. The molecular formula is C33H34N6O5S. The van der Waals surface area contributed by atoms with E-state index in [1.54, 1.807) is 53.8 Å². The Bertz CT molecular complexity index is 1830. The molecule has 2 amide bonds. The van der Waals surface area contributed by atoms with Crippen molar-refractivity contribution in [1.29, 1.82) is 0 Å². The predicted octanol–water partition coefficient (Wildman–Crippen LogP) is 4.08. The molecule has 4 aromatic rings. The number of likely N-dealkylation sites (N-methyl/N-ethyl adjacent to an activating group) is 1. The fraction of sp³-hybridized carbons (Fsp3) is 0.212. The van der Waals surface area contributed by atoms with Crippen molar-refractivity contribution in [3.63, 3.8) is 0 Å². The molecule has 2 heterocycles. The average molecular weight is 627 g/mol. The predicted molar refractivity (Wildman–Crippen MR) is 179 cm³/mol. The van der Waals surface area contributed by atoms with E-state index in [4.69, 9.17) is 5.73 Å². The average Bonchev–Trinajstić information content (AvgIpc) is 3.30. The molecule has 0 saturated heterocycles. The zero-order valence-corrected chi connectivity index (χ0v) is 25.7. The molecular weight excluding hydrogens is 592 g/mol. The van der Waals surface area contributed by atoms with Crippen molar-refractivity contribution in [2.45, 2.75) is 25.4 Å². The van der Waals surface area contributed by atoms with Gasteiger partial charge in [0.15, 0.2) is 0 Å². The van der Waals surface area contributed by atoms with Crippen molar-refractivity contribution >= 4 is 64.7 Å². The Morgan fingerprint density at radius 1 is 1.07 bits per heavy atom. The summed E-state index contributed by atoms with van der Waals surface area (Å²) >= 11 is 4.12. The van der Waals surface area contributed by atoms with Gasteiger partial charge in [0.2, 0.25) is 11.8 Å². The standard InChI is InChI=1S/C33H34N6O5S/c1-20(14-22-17-39(33(43)44)27-12-6-4-9-23(22)27)36-30(40)18-38-26-11-5-3-8-21(26)15-35-16-29(38)24-10-7-13-28(31(24)41)37(2)32(42)25(34)19-45/h3-13,15-17,20,25,41,45H,14,18-19,34H2,1-2H3,(H,36,40)(H,43,44)/t20-,25?/m1/s1. The van der Waals surface area contributed by atoms with Crippen molar-refractivity contribution in [1.82, 2.24) is 9.88 Å². The summed E-state index contributed by atoms with van der Waals surface area (Å²) in [5.41, 5.74) is 9.81. The monoisotopic (exact) mass is 626 g/mol. The van der Waals surface area contributed by atoms with Gasteiger partial charge in [0, 0.05) is 47.8 Å². The molecule has 0 fully saturated rings. The quantitative estimate of drug-likeness (QED) is 0.176. The van der Waals surface area contributed by atoms with Crippen LogP contribution in [0.4, 0.5) is 16.2 Å². The SMILES string of the molecule is C[C@H](Cc1cn(C(=O)O)c2ccccc12)NC(=O)CN1C(c2cccc(N(C)C(=O)C(N)CS)c2O)=CN=Cc2ccccc21. The van der Waals surface area contributed by atoms with Gasteiger partial charge in [-0.25, -0.2) is 4.79 Å². The number of carboxylic acid groups (broad SMARTS) is 1. The number of rotatable bonds is 9. The van der Waals surface area contributed by atoms with Crippen LogP contribution in [0.15, 0.2) is 84.1 Å². The fourth-order valence-corrected chi connectivity index (χ4v) is 5.64. The Balaban J connectivity index is 1.43. The summed E-state index contributed by atoms with van der Waals surface area (Å²) in [4.78, 5) is 45.7. The summed E-state index contributed by atoms with van der Waals surface area (Å²) in [5.74, 6) is -0.736. The van der Waals surface area contributed by atoms with Crippen LogP contribution >= 0.6 is 12.6 Å². The van der Waals surface area contributed by atoms with E-state index in [2.05, 4.69) is 22.9 Å². The molecule has 12 heteroatoms. The van der Waals surface area contributed by atoms with Crippen LogP contribution in [0, 0.1) is 0 Å². The minimum Gasteiger partial charge on any atom is -0.505 e. The van der Waals surface area contributed by atoms with E-state index in [0.717, 1.165) is 16.5 Å². The summed E-state index contributed by atoms with van der Waals surface area (Å²) < 4.78 is 1.18. The van der Waals surface area contributed by atoms with Gasteiger partial charge in [0.25, 0.3) is 0 Å². The zero-order valence-electron chi connectivity index (χ0n) is 24.8. The number of nitrogens with one attached hydrogen (secondary N) is 1. The van der Waals surface area contributed by atoms with Gasteiger partial charge < -0.3 is 31.1 Å². The Kier molecular flexibility index (Phi) is 9.26. The highest BCUT2D eigenvalue weighted by Crippen LogP contribution is 2.39. The maximum atomic E-state index is 13.6. The Morgan fingerprint density at radius 3 is 2.56 bits per heavy atom. The van der Waals surface area contributed by atoms with E-state index in [1.807, 2.05) is 43.3 Å². The van der Waals surface area contributed by atoms with E-state index in [1.165, 1.54) is 16.5 Å². The lowest BCUT2D eigenvalue weighted by atomic mass is 10.1. The normalized spacial score (nSPS) is 13.9. The second-order valence-corrected chi connectivity index (χ2v) is 11.2. The van der Waals surface area contributed by atoms with Crippen LogP contribution in [0.3, 0.4) is 0 Å². The third kappa shape index (κ3) is 6.42. The Hall–Kier alpha value is -5.07. The third-order valence-electron chi connectivity index (χ3n) is 7.66. The zero-order chi connectivity index (χ0) is 32.2. The molecule has 5 N–H and O–H groups in total. The number of hydrogen-bond donors (Lipinski definition) is 5. The molecule has 0 bridgehead atoms. The number of aromatic hydroxyl groups is 1. The topological polar surface area (TPSA) is 153 Å². The van der Waals surface area contributed by atoms with E-state index in [9.17, 15) is 24.6 Å². The molecule has 0 radical (unpaired) electrons. The minimum absolute atomic E-state index is 0.115. The summed E-state index contributed by atoms with van der Waals surface area (Å²) in [6.45, 7) is 1.75. The molecule has 232 valence electrons. The van der Waals surface area contributed by atoms with Gasteiger partial charge in [-0.15, -0.1) is 0 Å². The first-order chi connectivity index (χ1) is 21.6. The number of aromatic nitrogens is 1. The van der Waals surface area contributed by atoms with Crippen molar-refractivity contribution < 1.29 is 24.6 Å². The summed E-state index contributed by atoms with van der Waals surface area (Å²) in [5, 5.41) is 24.9. The van der Waals surface area contributed by atoms with Gasteiger partial charge in [-0.1, -0.05) is 42.5 Å². The van der Waals surface area contributed by atoms with Gasteiger partial charge >= 0.3 is 6.09 Å². The summed E-state index contributed by atoms with van der Waals surface area (Å²) in [6.07, 6.45) is 4.16. The van der Waals surface area contributed by atoms with E-state index >= 15 is 0 Å². The molecule has 3 aromatic carbocycles. The number of hydrogen-bond acceptors (Lipinski definition) is 8. The Morgan fingerprint density at radius 2 is 1.80 bits per heavy atom. The number of carbonyl (C=O) groups is 3. The number of nitrogens with zero attached hydrogens (tertiary/aromatic N) is 4. The van der Waals surface area contributed by atoms with Crippen LogP contribution in [-0.4, -0.2) is 70.3 Å². The number of phenolic OH excluding ortho intramolecular Hbond substituents is 1. The van der Waals surface area contributed by atoms with Crippen LogP contribution in [0.1, 0.15) is 23.6 Å². The highest BCUT2D eigenvalue weighted by Gasteiger charge is 2.27. The number of aliphatic imine (C=N–C) groups is 1. The fourth-order valence-electron chi connectivity index (χ4n) is 5.49. The lowest BCUT2D eigenvalue weighted by Gasteiger charge is -2.29. The number of carbonyl (C=O) groups excluding carboxylic acids is 2. The molecule has 1 aromatic heterocycles. The number of anilines is 2. The molecule has 5 rings (SSSR count). The number of fused-ring (bicyclic) bond motifs is 2. The van der Waals surface area contributed by atoms with Crippen LogP contribution in [0.25, 0.3) is 16.6 Å². The molecule has 11 nitrogen and oxygen atoms in total. The molecule has 1 unspecified atom stereocenters. The first-order valence-electron chi connectivity index (χ1n) is 14.3. The van der Waals surface area contributed by atoms with Gasteiger partial charge in [0.1, 0.15) is 12.3 Å². The van der Waals surface area contributed by atoms with E-state index < -0.39 is 18.0 Å². The number of nitrogens with two attached hydrogens (primary N) is 1. The highest BCUT2D eigenvalue weighted by atomic mass is 32.1. The smallest absolute Gasteiger partial charge is 0.416 e. The van der Waals surface area contributed by atoms with Gasteiger partial charge in [-0.3, -0.25) is 19.1 Å². The molecule has 1 aliphatic heterocycles. The Labute approximate surface area is 265 Å². The second kappa shape index (κ2) is 13.3. The van der Waals surface area contributed by atoms with Crippen LogP contribution in [0.2, 0.25) is 0 Å². The molecule has 2 atom stereocenters. The number of thiol groups is 1. The van der Waals surface area contributed by atoms with Crippen molar-refractivity contribution in [3.8, 4) is 5.75 Å². The molecule has 0 aliphatic carbocycles. The maximum absolute atomic E-state index is 13.6. The largest absolute Gasteiger partial charge is 0.505 e. The van der Waals surface area contributed by atoms with Crippen molar-refractivity contribution in [2.75, 3.05) is 29.1 Å². The van der Waals surface area contributed by atoms with Crippen molar-refractivity contribution in [2.24, 2.45) is 10.7 Å². The molecule has 0 saturated carbocycles. The van der Waals surface area contributed by atoms with Gasteiger partial charge in [-0.2, -0.15) is 12.6 Å². The first kappa shape index (κ1) is 31.4. The number of para-hydroxylation sites is 3. The minimum atomic E-state index is -1.08. The van der Waals surface area contributed by atoms with Crippen LogP contribution in [-0.2, 0) is 16.0 Å². The van der Waals surface area contributed by atoms with E-state index in [-0.39, 0.29) is 35.7 Å². The number of amides is 2. The van der Waals surface area contributed by atoms with Crippen LogP contribution in [0.5, 0.6) is 5.75 Å². The highest BCUT2D eigenvalue weighted by molar-refractivity contribution is 7.80. The molecule has 45 heavy (non-hydrogen) atoms.